The molecule has 3 heteroatoms. The van der Waals surface area contributed by atoms with Crippen LogP contribution in [-0.4, -0.2) is 5.84 Å². The standard InChI is InChI=1S/C28H29N3/c1-20-11-12-23(27-29-26(30-31-27)22-9-5-3-6-10-22)19-25(20)21-13-15-24(16-14-21)28(2)17-7-4-8-18-28/h3-10,12-17,19-20,26,30H,11,18H2,1-2H3,(H,29,31)/p+1. The van der Waals surface area contributed by atoms with Gasteiger partial charge in [-0.2, -0.15) is 0 Å². The monoisotopic (exact) mass is 408 g/mol. The van der Waals surface area contributed by atoms with Crippen LogP contribution >= 0.6 is 0 Å². The minimum absolute atomic E-state index is 0.0938. The minimum Gasteiger partial charge on any atom is -0.271 e. The Morgan fingerprint density at radius 3 is 2.58 bits per heavy atom. The van der Waals surface area contributed by atoms with Crippen LogP contribution in [0.15, 0.2) is 102 Å². The highest BCUT2D eigenvalue weighted by Crippen LogP contribution is 2.35. The van der Waals surface area contributed by atoms with Crippen LogP contribution in [0.4, 0.5) is 0 Å². The first kappa shape index (κ1) is 19.8. The first-order valence-electron chi connectivity index (χ1n) is 11.2. The average molecular weight is 409 g/mol. The summed E-state index contributed by atoms with van der Waals surface area (Å²) in [6.45, 7) is 4.63. The van der Waals surface area contributed by atoms with Gasteiger partial charge in [0.15, 0.2) is 0 Å². The van der Waals surface area contributed by atoms with Gasteiger partial charge < -0.3 is 0 Å². The second-order valence-electron chi connectivity index (χ2n) is 9.06. The zero-order chi connectivity index (χ0) is 21.3. The van der Waals surface area contributed by atoms with Crippen molar-refractivity contribution >= 4 is 11.4 Å². The molecule has 3 atom stereocenters. The number of hydrazone groups is 1. The third kappa shape index (κ3) is 3.94. The van der Waals surface area contributed by atoms with Crippen LogP contribution in [0.2, 0.25) is 0 Å². The molecule has 2 aromatic carbocycles. The van der Waals surface area contributed by atoms with E-state index in [4.69, 9.17) is 0 Å². The molecule has 0 amide bonds. The normalized spacial score (nSPS) is 27.4. The lowest BCUT2D eigenvalue weighted by Crippen LogP contribution is -2.88. The largest absolute Gasteiger partial charge is 0.271 e. The van der Waals surface area contributed by atoms with Crippen molar-refractivity contribution in [2.45, 2.75) is 38.3 Å². The molecule has 0 radical (unpaired) electrons. The Morgan fingerprint density at radius 2 is 1.84 bits per heavy atom. The summed E-state index contributed by atoms with van der Waals surface area (Å²) < 4.78 is 0. The van der Waals surface area contributed by atoms with Gasteiger partial charge in [0.05, 0.1) is 5.57 Å². The van der Waals surface area contributed by atoms with Gasteiger partial charge in [-0.05, 0) is 41.5 Å². The number of nitrogens with two attached hydrogens (primary N) is 1. The van der Waals surface area contributed by atoms with Gasteiger partial charge in [-0.1, -0.05) is 98.8 Å². The Balaban J connectivity index is 1.35. The van der Waals surface area contributed by atoms with Gasteiger partial charge in [-0.25, -0.2) is 5.43 Å². The molecule has 0 saturated carbocycles. The molecule has 0 saturated heterocycles. The summed E-state index contributed by atoms with van der Waals surface area (Å²) in [7, 11) is 0. The highest BCUT2D eigenvalue weighted by atomic mass is 15.4. The number of amidine groups is 1. The summed E-state index contributed by atoms with van der Waals surface area (Å²) >= 11 is 0. The fraction of sp³-hybridized carbons (Fsp3) is 0.250. The minimum atomic E-state index is 0.0938. The van der Waals surface area contributed by atoms with Crippen LogP contribution in [-0.2, 0) is 5.41 Å². The Labute approximate surface area is 185 Å². The fourth-order valence-corrected chi connectivity index (χ4v) is 4.69. The third-order valence-electron chi connectivity index (χ3n) is 6.77. The average Bonchev–Trinajstić information content (AvgIpc) is 3.31. The molecule has 3 aliphatic rings. The van der Waals surface area contributed by atoms with Gasteiger partial charge >= 0.3 is 0 Å². The molecule has 1 heterocycles. The number of quaternary nitrogens is 1. The van der Waals surface area contributed by atoms with E-state index in [0.717, 1.165) is 18.7 Å². The van der Waals surface area contributed by atoms with Crippen molar-refractivity contribution in [2.75, 3.05) is 0 Å². The van der Waals surface area contributed by atoms with Gasteiger partial charge in [0, 0.05) is 11.0 Å². The van der Waals surface area contributed by atoms with Crippen LogP contribution in [0.3, 0.4) is 0 Å². The Bertz CT molecular complexity index is 1100. The summed E-state index contributed by atoms with van der Waals surface area (Å²) in [6.07, 6.45) is 15.8. The molecule has 0 fully saturated rings. The number of hydrogen-bond donors (Lipinski definition) is 2. The highest BCUT2D eigenvalue weighted by molar-refractivity contribution is 5.97. The second kappa shape index (κ2) is 8.16. The van der Waals surface area contributed by atoms with Crippen LogP contribution in [0.5, 0.6) is 0 Å². The lowest BCUT2D eigenvalue weighted by Gasteiger charge is -2.28. The van der Waals surface area contributed by atoms with E-state index >= 15 is 0 Å². The molecule has 0 bridgehead atoms. The third-order valence-corrected chi connectivity index (χ3v) is 6.77. The molecule has 3 N–H and O–H groups in total. The molecule has 5 rings (SSSR count). The molecule has 3 nitrogen and oxygen atoms in total. The van der Waals surface area contributed by atoms with Crippen molar-refractivity contribution in [3.63, 3.8) is 0 Å². The van der Waals surface area contributed by atoms with Crippen LogP contribution in [0, 0.1) is 5.92 Å². The number of benzene rings is 2. The van der Waals surface area contributed by atoms with Crippen LogP contribution in [0.25, 0.3) is 5.57 Å². The Kier molecular flexibility index (Phi) is 5.21. The van der Waals surface area contributed by atoms with Crippen molar-refractivity contribution in [3.8, 4) is 0 Å². The smallest absolute Gasteiger partial charge is 0.250 e. The molecule has 3 unspecified atom stereocenters. The summed E-state index contributed by atoms with van der Waals surface area (Å²) in [5.41, 5.74) is 9.92. The number of allylic oxidation sites excluding steroid dienone is 6. The first-order valence-corrected chi connectivity index (χ1v) is 11.2. The molecule has 1 aliphatic heterocycles. The second-order valence-corrected chi connectivity index (χ2v) is 9.06. The van der Waals surface area contributed by atoms with E-state index in [2.05, 4.69) is 115 Å². The summed E-state index contributed by atoms with van der Waals surface area (Å²) in [4.78, 5) is 0. The molecular formula is C28H30N3+. The maximum absolute atomic E-state index is 4.64. The fourth-order valence-electron chi connectivity index (χ4n) is 4.69. The van der Waals surface area contributed by atoms with Gasteiger partial charge in [0.1, 0.15) is 0 Å². The quantitative estimate of drug-likeness (QED) is 0.735. The maximum Gasteiger partial charge on any atom is 0.250 e. The van der Waals surface area contributed by atoms with Crippen molar-refractivity contribution in [1.82, 2.24) is 5.43 Å². The van der Waals surface area contributed by atoms with Gasteiger partial charge in [0.2, 0.25) is 12.0 Å². The van der Waals surface area contributed by atoms with E-state index in [-0.39, 0.29) is 11.6 Å². The summed E-state index contributed by atoms with van der Waals surface area (Å²) in [5.74, 6) is 1.55. The van der Waals surface area contributed by atoms with E-state index in [9.17, 15) is 0 Å². The van der Waals surface area contributed by atoms with E-state index in [1.807, 2.05) is 6.07 Å². The molecule has 2 aromatic rings. The van der Waals surface area contributed by atoms with Gasteiger partial charge in [-0.3, -0.25) is 5.32 Å². The topological polar surface area (TPSA) is 41.0 Å². The molecule has 2 aliphatic carbocycles. The van der Waals surface area contributed by atoms with Crippen LogP contribution in [0.1, 0.15) is 49.5 Å². The van der Waals surface area contributed by atoms with Gasteiger partial charge in [0.25, 0.3) is 0 Å². The van der Waals surface area contributed by atoms with Gasteiger partial charge in [-0.15, -0.1) is 5.10 Å². The molecule has 31 heavy (non-hydrogen) atoms. The predicted molar refractivity (Wildman–Crippen MR) is 128 cm³/mol. The lowest BCUT2D eigenvalue weighted by atomic mass is 9.76. The predicted octanol–water partition coefficient (Wildman–Crippen LogP) is 4.99. The Morgan fingerprint density at radius 1 is 1.03 bits per heavy atom. The van der Waals surface area contributed by atoms with E-state index < -0.39 is 0 Å². The number of rotatable bonds is 4. The zero-order valence-electron chi connectivity index (χ0n) is 18.3. The zero-order valence-corrected chi connectivity index (χ0v) is 18.3. The molecule has 0 aromatic heterocycles. The molecule has 156 valence electrons. The molecular weight excluding hydrogens is 378 g/mol. The van der Waals surface area contributed by atoms with Crippen molar-refractivity contribution in [1.29, 1.82) is 0 Å². The lowest BCUT2D eigenvalue weighted by molar-refractivity contribution is -0.582. The summed E-state index contributed by atoms with van der Waals surface area (Å²) in [5, 5.41) is 6.87. The van der Waals surface area contributed by atoms with Crippen molar-refractivity contribution in [2.24, 2.45) is 11.0 Å². The number of hydrogen-bond acceptors (Lipinski definition) is 2. The van der Waals surface area contributed by atoms with E-state index in [1.54, 1.807) is 0 Å². The van der Waals surface area contributed by atoms with Crippen molar-refractivity contribution < 1.29 is 5.32 Å². The summed E-state index contributed by atoms with van der Waals surface area (Å²) in [6, 6.07) is 19.7. The van der Waals surface area contributed by atoms with E-state index in [0.29, 0.717) is 5.92 Å². The first-order chi connectivity index (χ1) is 15.1. The Hall–Kier alpha value is -3.17. The van der Waals surface area contributed by atoms with Crippen molar-refractivity contribution in [3.05, 3.63) is 113 Å². The van der Waals surface area contributed by atoms with Crippen LogP contribution < -0.4 is 10.7 Å². The number of nitrogens with one attached hydrogen (secondary N) is 1. The maximum atomic E-state index is 4.64. The van der Waals surface area contributed by atoms with E-state index in [1.165, 1.54) is 27.8 Å². The molecule has 0 spiro atoms. The number of nitrogens with zero attached hydrogens (tertiary/aromatic N) is 1. The SMILES string of the molecule is CC1CC=C(C2=NNC(c3ccccc3)[NH2+]2)C=C1c1ccc(C2(C)C=CC=CC2)cc1. The highest BCUT2D eigenvalue weighted by Gasteiger charge is 2.28.